The van der Waals surface area contributed by atoms with E-state index in [1.165, 1.54) is 7.05 Å². The van der Waals surface area contributed by atoms with Gasteiger partial charge < -0.3 is 5.11 Å². The van der Waals surface area contributed by atoms with Gasteiger partial charge in [0.1, 0.15) is 0 Å². The summed E-state index contributed by atoms with van der Waals surface area (Å²) in [6.45, 7) is 1.20. The monoisotopic (exact) mass is 226 g/mol. The quantitative estimate of drug-likeness (QED) is 0.634. The summed E-state index contributed by atoms with van der Waals surface area (Å²) in [5.74, 6) is -1.02. The van der Waals surface area contributed by atoms with Crippen molar-refractivity contribution in [3.63, 3.8) is 0 Å². The molecule has 0 aromatic carbocycles. The van der Waals surface area contributed by atoms with E-state index < -0.39 is 5.97 Å². The number of aliphatic carboxylic acids is 1. The first kappa shape index (κ1) is 11.1. The molecule has 0 aromatic heterocycles. The smallest absolute Gasteiger partial charge is 0.303 e. The fourth-order valence-electron chi connectivity index (χ4n) is 2.26. The molecule has 0 aromatic rings. The summed E-state index contributed by atoms with van der Waals surface area (Å²) < 4.78 is 0. The molecule has 6 nitrogen and oxygen atoms in total. The normalized spacial score (nSPS) is 27.3. The zero-order chi connectivity index (χ0) is 11.9. The molecular weight excluding hydrogens is 212 g/mol. The van der Waals surface area contributed by atoms with Crippen molar-refractivity contribution in [3.05, 3.63) is 0 Å². The second-order valence-electron chi connectivity index (χ2n) is 4.43. The van der Waals surface area contributed by atoms with Gasteiger partial charge in [0.05, 0.1) is 18.9 Å². The highest BCUT2D eigenvalue weighted by molar-refractivity contribution is 6.05. The number of carboxylic acid groups (broad SMARTS) is 1. The summed E-state index contributed by atoms with van der Waals surface area (Å²) in [5.41, 5.74) is 0. The van der Waals surface area contributed by atoms with Crippen LogP contribution in [-0.4, -0.2) is 58.9 Å². The van der Waals surface area contributed by atoms with Crippen molar-refractivity contribution in [2.24, 2.45) is 5.92 Å². The maximum atomic E-state index is 11.6. The van der Waals surface area contributed by atoms with Crippen LogP contribution in [0, 0.1) is 5.92 Å². The van der Waals surface area contributed by atoms with Crippen molar-refractivity contribution in [2.45, 2.75) is 18.9 Å². The molecule has 0 radical (unpaired) electrons. The Labute approximate surface area is 92.8 Å². The molecule has 2 heterocycles. The SMILES string of the molecule is CN1C(=O)CC(N2CC(CC(=O)O)C2)C1=O. The number of hydrogen-bond acceptors (Lipinski definition) is 4. The zero-order valence-electron chi connectivity index (χ0n) is 9.05. The Hall–Kier alpha value is -1.43. The molecule has 2 aliphatic rings. The number of carbonyl (C=O) groups excluding carboxylic acids is 2. The third-order valence-electron chi connectivity index (χ3n) is 3.25. The van der Waals surface area contributed by atoms with Gasteiger partial charge in [-0.15, -0.1) is 0 Å². The van der Waals surface area contributed by atoms with Gasteiger partial charge in [0.15, 0.2) is 0 Å². The average Bonchev–Trinajstić information content (AvgIpc) is 2.39. The van der Waals surface area contributed by atoms with Gasteiger partial charge in [-0.3, -0.25) is 24.2 Å². The number of rotatable bonds is 3. The molecule has 16 heavy (non-hydrogen) atoms. The van der Waals surface area contributed by atoms with Crippen LogP contribution in [0.3, 0.4) is 0 Å². The van der Waals surface area contributed by atoms with Crippen LogP contribution < -0.4 is 0 Å². The first-order valence-corrected chi connectivity index (χ1v) is 5.25. The predicted molar refractivity (Wildman–Crippen MR) is 53.5 cm³/mol. The second kappa shape index (κ2) is 3.86. The molecule has 2 amide bonds. The van der Waals surface area contributed by atoms with E-state index in [0.29, 0.717) is 13.1 Å². The van der Waals surface area contributed by atoms with Crippen molar-refractivity contribution < 1.29 is 19.5 Å². The van der Waals surface area contributed by atoms with E-state index in [0.717, 1.165) is 4.90 Å². The Bertz CT molecular complexity index is 349. The number of likely N-dealkylation sites (N-methyl/N-ethyl adjacent to an activating group) is 1. The molecule has 0 bridgehead atoms. The van der Waals surface area contributed by atoms with Gasteiger partial charge in [0, 0.05) is 20.1 Å². The topological polar surface area (TPSA) is 77.9 Å². The molecule has 2 aliphatic heterocycles. The number of imide groups is 1. The van der Waals surface area contributed by atoms with Gasteiger partial charge in [-0.05, 0) is 5.92 Å². The fraction of sp³-hybridized carbons (Fsp3) is 0.700. The summed E-state index contributed by atoms with van der Waals surface area (Å²) in [5, 5.41) is 8.59. The zero-order valence-corrected chi connectivity index (χ0v) is 9.05. The third kappa shape index (κ3) is 1.80. The fourth-order valence-corrected chi connectivity index (χ4v) is 2.26. The van der Waals surface area contributed by atoms with Crippen LogP contribution in [0.5, 0.6) is 0 Å². The van der Waals surface area contributed by atoms with E-state index in [1.54, 1.807) is 0 Å². The first-order valence-electron chi connectivity index (χ1n) is 5.25. The van der Waals surface area contributed by atoms with Crippen molar-refractivity contribution in [2.75, 3.05) is 20.1 Å². The van der Waals surface area contributed by atoms with Crippen LogP contribution in [0.1, 0.15) is 12.8 Å². The van der Waals surface area contributed by atoms with Crippen molar-refractivity contribution >= 4 is 17.8 Å². The highest BCUT2D eigenvalue weighted by atomic mass is 16.4. The van der Waals surface area contributed by atoms with E-state index in [-0.39, 0.29) is 36.6 Å². The minimum absolute atomic E-state index is 0.117. The molecule has 1 atom stereocenters. The molecular formula is C10H14N2O4. The van der Waals surface area contributed by atoms with Gasteiger partial charge in [0.2, 0.25) is 11.8 Å². The summed E-state index contributed by atoms with van der Waals surface area (Å²) in [7, 11) is 1.49. The summed E-state index contributed by atoms with van der Waals surface area (Å²) in [6.07, 6.45) is 0.371. The van der Waals surface area contributed by atoms with E-state index in [2.05, 4.69) is 0 Å². The molecule has 6 heteroatoms. The number of hydrogen-bond donors (Lipinski definition) is 1. The van der Waals surface area contributed by atoms with E-state index >= 15 is 0 Å². The van der Waals surface area contributed by atoms with Crippen molar-refractivity contribution in [3.8, 4) is 0 Å². The molecule has 0 spiro atoms. The van der Waals surface area contributed by atoms with Crippen LogP contribution in [0.15, 0.2) is 0 Å². The lowest BCUT2D eigenvalue weighted by Crippen LogP contribution is -2.54. The van der Waals surface area contributed by atoms with Gasteiger partial charge in [-0.1, -0.05) is 0 Å². The first-order chi connectivity index (χ1) is 7.49. The molecule has 2 saturated heterocycles. The summed E-state index contributed by atoms with van der Waals surface area (Å²) in [4.78, 5) is 36.4. The Balaban J connectivity index is 1.87. The molecule has 2 rings (SSSR count). The summed E-state index contributed by atoms with van der Waals surface area (Å²) in [6, 6.07) is -0.359. The Kier molecular flexibility index (Phi) is 2.67. The van der Waals surface area contributed by atoms with Gasteiger partial charge in [-0.2, -0.15) is 0 Å². The minimum Gasteiger partial charge on any atom is -0.481 e. The van der Waals surface area contributed by atoms with E-state index in [1.807, 2.05) is 4.90 Å². The Morgan fingerprint density at radius 2 is 2.06 bits per heavy atom. The number of carbonyl (C=O) groups is 3. The predicted octanol–water partition coefficient (Wildman–Crippen LogP) is -0.850. The lowest BCUT2D eigenvalue weighted by molar-refractivity contribution is -0.140. The standard InChI is InChI=1S/C10H14N2O4/c1-11-8(13)3-7(10(11)16)12-4-6(5-12)2-9(14)15/h6-7H,2-5H2,1H3,(H,14,15). The maximum absolute atomic E-state index is 11.6. The molecule has 0 aliphatic carbocycles. The lowest BCUT2D eigenvalue weighted by atomic mass is 9.94. The van der Waals surface area contributed by atoms with E-state index in [9.17, 15) is 14.4 Å². The number of carboxylic acids is 1. The number of amides is 2. The molecule has 2 fully saturated rings. The van der Waals surface area contributed by atoms with Crippen LogP contribution >= 0.6 is 0 Å². The minimum atomic E-state index is -0.810. The van der Waals surface area contributed by atoms with Crippen LogP contribution in [0.25, 0.3) is 0 Å². The third-order valence-corrected chi connectivity index (χ3v) is 3.25. The molecule has 88 valence electrons. The molecule has 1 N–H and O–H groups in total. The largest absolute Gasteiger partial charge is 0.481 e. The Morgan fingerprint density at radius 3 is 2.50 bits per heavy atom. The average molecular weight is 226 g/mol. The highest BCUT2D eigenvalue weighted by Crippen LogP contribution is 2.27. The van der Waals surface area contributed by atoms with Gasteiger partial charge in [-0.25, -0.2) is 0 Å². The van der Waals surface area contributed by atoms with Crippen LogP contribution in [-0.2, 0) is 14.4 Å². The van der Waals surface area contributed by atoms with Crippen molar-refractivity contribution in [1.29, 1.82) is 0 Å². The maximum Gasteiger partial charge on any atom is 0.303 e. The van der Waals surface area contributed by atoms with Gasteiger partial charge >= 0.3 is 5.97 Å². The Morgan fingerprint density at radius 1 is 1.44 bits per heavy atom. The lowest BCUT2D eigenvalue weighted by Gasteiger charge is -2.41. The summed E-state index contributed by atoms with van der Waals surface area (Å²) >= 11 is 0. The van der Waals surface area contributed by atoms with Crippen LogP contribution in [0.2, 0.25) is 0 Å². The molecule has 1 unspecified atom stereocenters. The number of likely N-dealkylation sites (tertiary alicyclic amines) is 2. The van der Waals surface area contributed by atoms with Crippen molar-refractivity contribution in [1.82, 2.24) is 9.80 Å². The highest BCUT2D eigenvalue weighted by Gasteiger charge is 2.44. The second-order valence-corrected chi connectivity index (χ2v) is 4.43. The van der Waals surface area contributed by atoms with E-state index in [4.69, 9.17) is 5.11 Å². The number of nitrogens with zero attached hydrogens (tertiary/aromatic N) is 2. The molecule has 0 saturated carbocycles. The van der Waals surface area contributed by atoms with Crippen LogP contribution in [0.4, 0.5) is 0 Å². The van der Waals surface area contributed by atoms with Gasteiger partial charge in [0.25, 0.3) is 0 Å².